The number of ether oxygens (including phenoxy) is 1. The lowest BCUT2D eigenvalue weighted by Gasteiger charge is -2.27. The number of rotatable bonds is 6. The fourth-order valence-electron chi connectivity index (χ4n) is 1.64. The number of anilines is 1. The molecule has 0 aliphatic heterocycles. The summed E-state index contributed by atoms with van der Waals surface area (Å²) in [6.45, 7) is 4.85. The molecule has 1 aromatic rings. The number of benzene rings is 1. The summed E-state index contributed by atoms with van der Waals surface area (Å²) in [4.78, 5) is 11.9. The second-order valence-electron chi connectivity index (χ2n) is 5.41. The van der Waals surface area contributed by atoms with E-state index in [4.69, 9.17) is 5.26 Å². The molecule has 0 radical (unpaired) electrons. The van der Waals surface area contributed by atoms with Crippen LogP contribution in [-0.2, 0) is 4.79 Å². The van der Waals surface area contributed by atoms with Crippen LogP contribution in [0.1, 0.15) is 20.8 Å². The second kappa shape index (κ2) is 7.22. The van der Waals surface area contributed by atoms with Crippen molar-refractivity contribution in [1.82, 2.24) is 5.32 Å². The van der Waals surface area contributed by atoms with Crippen LogP contribution < -0.4 is 15.4 Å². The largest absolute Gasteiger partial charge is 0.573 e. The molecule has 23 heavy (non-hydrogen) atoms. The molecular formula is C15H18F3N3O2. The predicted octanol–water partition coefficient (Wildman–Crippen LogP) is 3.05. The quantitative estimate of drug-likeness (QED) is 0.841. The van der Waals surface area contributed by atoms with Gasteiger partial charge in [0.05, 0.1) is 18.3 Å². The monoisotopic (exact) mass is 329 g/mol. The van der Waals surface area contributed by atoms with Crippen molar-refractivity contribution in [3.8, 4) is 11.8 Å². The van der Waals surface area contributed by atoms with E-state index in [2.05, 4.69) is 15.4 Å². The highest BCUT2D eigenvalue weighted by molar-refractivity contribution is 5.82. The second-order valence-corrected chi connectivity index (χ2v) is 5.41. The molecule has 8 heteroatoms. The molecule has 0 heterocycles. The highest BCUT2D eigenvalue weighted by Crippen LogP contribution is 2.29. The Bertz CT molecular complexity index is 596. The van der Waals surface area contributed by atoms with Crippen molar-refractivity contribution in [2.45, 2.75) is 32.7 Å². The van der Waals surface area contributed by atoms with Gasteiger partial charge < -0.3 is 15.4 Å². The van der Waals surface area contributed by atoms with Gasteiger partial charge in [-0.2, -0.15) is 5.26 Å². The Balaban J connectivity index is 2.72. The molecule has 0 saturated heterocycles. The number of nitrogens with zero attached hydrogens (tertiary/aromatic N) is 1. The third kappa shape index (κ3) is 5.70. The van der Waals surface area contributed by atoms with Gasteiger partial charge in [-0.1, -0.05) is 26.0 Å². The number of para-hydroxylation sites is 2. The summed E-state index contributed by atoms with van der Waals surface area (Å²) in [6.07, 6.45) is -4.82. The van der Waals surface area contributed by atoms with Gasteiger partial charge in [-0.25, -0.2) is 0 Å². The van der Waals surface area contributed by atoms with Gasteiger partial charge in [0.2, 0.25) is 5.91 Å². The van der Waals surface area contributed by atoms with Crippen molar-refractivity contribution < 1.29 is 22.7 Å². The zero-order valence-corrected chi connectivity index (χ0v) is 13.0. The van der Waals surface area contributed by atoms with Crippen molar-refractivity contribution in [2.75, 3.05) is 11.9 Å². The minimum absolute atomic E-state index is 0.0307. The molecule has 1 rings (SSSR count). The van der Waals surface area contributed by atoms with E-state index in [1.165, 1.54) is 18.2 Å². The molecule has 0 bridgehead atoms. The Labute approximate surface area is 132 Å². The molecule has 0 spiro atoms. The first-order valence-corrected chi connectivity index (χ1v) is 6.88. The maximum atomic E-state index is 12.3. The van der Waals surface area contributed by atoms with Gasteiger partial charge >= 0.3 is 6.36 Å². The number of nitrogens with one attached hydrogen (secondary N) is 2. The normalized spacial score (nSPS) is 13.8. The van der Waals surface area contributed by atoms with Gasteiger partial charge in [0.15, 0.2) is 5.75 Å². The number of nitriles is 1. The van der Waals surface area contributed by atoms with E-state index < -0.39 is 23.6 Å². The third-order valence-corrected chi connectivity index (χ3v) is 3.34. The van der Waals surface area contributed by atoms with E-state index >= 15 is 0 Å². The minimum Gasteiger partial charge on any atom is -0.404 e. The average Bonchev–Trinajstić information content (AvgIpc) is 2.44. The van der Waals surface area contributed by atoms with Crippen LogP contribution in [0.5, 0.6) is 5.75 Å². The Morgan fingerprint density at radius 3 is 2.48 bits per heavy atom. The molecule has 0 unspecified atom stereocenters. The number of carbonyl (C=O) groups is 1. The number of amides is 1. The first-order chi connectivity index (χ1) is 10.6. The molecule has 1 atom stereocenters. The summed E-state index contributed by atoms with van der Waals surface area (Å²) in [5.74, 6) is -1.07. The molecule has 2 N–H and O–H groups in total. The van der Waals surface area contributed by atoms with Gasteiger partial charge in [0.25, 0.3) is 0 Å². The Morgan fingerprint density at radius 1 is 1.35 bits per heavy atom. The molecular weight excluding hydrogens is 311 g/mol. The number of hydrogen-bond donors (Lipinski definition) is 2. The van der Waals surface area contributed by atoms with Gasteiger partial charge in [-0.05, 0) is 25.0 Å². The molecule has 126 valence electrons. The summed E-state index contributed by atoms with van der Waals surface area (Å²) in [5.41, 5.74) is -1.02. The van der Waals surface area contributed by atoms with Gasteiger partial charge in [-0.3, -0.25) is 4.79 Å². The van der Waals surface area contributed by atoms with Crippen molar-refractivity contribution >= 4 is 11.6 Å². The summed E-state index contributed by atoms with van der Waals surface area (Å²) in [6, 6.07) is 7.42. The number of halogens is 3. The van der Waals surface area contributed by atoms with Crippen molar-refractivity contribution in [3.05, 3.63) is 24.3 Å². The molecule has 0 saturated carbocycles. The lowest BCUT2D eigenvalue weighted by atomic mass is 9.90. The topological polar surface area (TPSA) is 74.2 Å². The van der Waals surface area contributed by atoms with E-state index in [9.17, 15) is 18.0 Å². The first-order valence-electron chi connectivity index (χ1n) is 6.88. The van der Waals surface area contributed by atoms with Crippen molar-refractivity contribution in [2.24, 2.45) is 5.92 Å². The zero-order chi connectivity index (χ0) is 17.7. The number of alkyl halides is 3. The highest BCUT2D eigenvalue weighted by Gasteiger charge is 2.32. The fourth-order valence-corrected chi connectivity index (χ4v) is 1.64. The molecule has 0 aromatic heterocycles. The molecule has 1 amide bonds. The molecule has 1 aromatic carbocycles. The number of hydrogen-bond acceptors (Lipinski definition) is 4. The average molecular weight is 329 g/mol. The van der Waals surface area contributed by atoms with Gasteiger partial charge in [-0.15, -0.1) is 13.2 Å². The van der Waals surface area contributed by atoms with Crippen LogP contribution in [-0.4, -0.2) is 24.4 Å². The summed E-state index contributed by atoms with van der Waals surface area (Å²) in [5, 5.41) is 14.3. The van der Waals surface area contributed by atoms with Crippen molar-refractivity contribution in [3.63, 3.8) is 0 Å². The van der Waals surface area contributed by atoms with Gasteiger partial charge in [0.1, 0.15) is 5.54 Å². The van der Waals surface area contributed by atoms with Crippen LogP contribution >= 0.6 is 0 Å². The maximum Gasteiger partial charge on any atom is 0.573 e. The molecule has 0 aliphatic carbocycles. The summed E-state index contributed by atoms with van der Waals surface area (Å²) < 4.78 is 40.8. The van der Waals surface area contributed by atoms with Crippen LogP contribution in [0.2, 0.25) is 0 Å². The maximum absolute atomic E-state index is 12.3. The first kappa shape index (κ1) is 18.6. The lowest BCUT2D eigenvalue weighted by Crippen LogP contribution is -2.50. The zero-order valence-electron chi connectivity index (χ0n) is 13.0. The predicted molar refractivity (Wildman–Crippen MR) is 78.6 cm³/mol. The van der Waals surface area contributed by atoms with Crippen LogP contribution in [0.15, 0.2) is 24.3 Å². The summed E-state index contributed by atoms with van der Waals surface area (Å²) >= 11 is 0. The van der Waals surface area contributed by atoms with E-state index in [1.807, 2.05) is 6.07 Å². The molecule has 0 fully saturated rings. The fraction of sp³-hybridized carbons (Fsp3) is 0.467. The van der Waals surface area contributed by atoms with E-state index in [-0.39, 0.29) is 18.2 Å². The van der Waals surface area contributed by atoms with E-state index in [0.717, 1.165) is 6.07 Å². The van der Waals surface area contributed by atoms with E-state index in [1.54, 1.807) is 20.8 Å². The lowest BCUT2D eigenvalue weighted by molar-refractivity contribution is -0.274. The van der Waals surface area contributed by atoms with Crippen molar-refractivity contribution in [1.29, 1.82) is 5.26 Å². The van der Waals surface area contributed by atoms with Gasteiger partial charge in [0, 0.05) is 0 Å². The Hall–Kier alpha value is -2.43. The van der Waals surface area contributed by atoms with Crippen LogP contribution in [0.3, 0.4) is 0 Å². The smallest absolute Gasteiger partial charge is 0.404 e. The molecule has 0 aliphatic rings. The van der Waals surface area contributed by atoms with Crippen LogP contribution in [0.25, 0.3) is 0 Å². The Morgan fingerprint density at radius 2 is 1.96 bits per heavy atom. The van der Waals surface area contributed by atoms with Crippen LogP contribution in [0.4, 0.5) is 18.9 Å². The standard InChI is InChI=1S/C15H18F3N3O2/c1-10(2)14(3,9-19)21-13(22)8-20-11-6-4-5-7-12(11)23-15(16,17)18/h4-7,10,20H,8H2,1-3H3,(H,21,22)/t14-/m1/s1. The highest BCUT2D eigenvalue weighted by atomic mass is 19.4. The number of carbonyl (C=O) groups excluding carboxylic acids is 1. The SMILES string of the molecule is CC(C)[C@@](C)(C#N)NC(=O)CNc1ccccc1OC(F)(F)F. The third-order valence-electron chi connectivity index (χ3n) is 3.34. The van der Waals surface area contributed by atoms with E-state index in [0.29, 0.717) is 0 Å². The Kier molecular flexibility index (Phi) is 5.85. The molecule has 5 nitrogen and oxygen atoms in total. The summed E-state index contributed by atoms with van der Waals surface area (Å²) in [7, 11) is 0. The minimum atomic E-state index is -4.82. The van der Waals surface area contributed by atoms with Crippen LogP contribution in [0, 0.1) is 17.2 Å².